The number of hydrogen-bond donors (Lipinski definition) is 3. The maximum atomic E-state index is 14.6. The van der Waals surface area contributed by atoms with Gasteiger partial charge in [0, 0.05) is 10.6 Å². The van der Waals surface area contributed by atoms with Crippen LogP contribution in [-0.4, -0.2) is 27.6 Å². The van der Waals surface area contributed by atoms with E-state index in [1.54, 1.807) is 24.3 Å². The number of hydrogen-bond acceptors (Lipinski definition) is 5. The third-order valence-electron chi connectivity index (χ3n) is 4.00. The van der Waals surface area contributed by atoms with Gasteiger partial charge in [0.2, 0.25) is 0 Å². The van der Waals surface area contributed by atoms with Crippen LogP contribution < -0.4 is 11.1 Å². The van der Waals surface area contributed by atoms with Gasteiger partial charge in [0.1, 0.15) is 21.9 Å². The third kappa shape index (κ3) is 4.46. The van der Waals surface area contributed by atoms with Gasteiger partial charge in [-0.25, -0.2) is 14.4 Å². The van der Waals surface area contributed by atoms with Crippen LogP contribution in [0.2, 0.25) is 5.02 Å². The minimum atomic E-state index is -0.751. The van der Waals surface area contributed by atoms with Gasteiger partial charge in [-0.2, -0.15) is 0 Å². The Hall–Kier alpha value is -2.55. The molecule has 0 fully saturated rings. The topological polar surface area (TPSA) is 101 Å². The number of aliphatic hydroxyl groups excluding tert-OH is 1. The van der Waals surface area contributed by atoms with Gasteiger partial charge >= 0.3 is 0 Å². The number of aromatic nitrogens is 2. The van der Waals surface area contributed by atoms with E-state index in [9.17, 15) is 14.3 Å². The molecule has 1 amide bonds. The second-order valence-electron chi connectivity index (χ2n) is 5.88. The number of nitrogen functional groups attached to an aromatic ring is 1. The summed E-state index contributed by atoms with van der Waals surface area (Å²) >= 11 is 9.14. The normalized spacial score (nSPS) is 11.9. The molecule has 3 rings (SSSR count). The molecule has 0 saturated heterocycles. The quantitative estimate of drug-likeness (QED) is 0.533. The highest BCUT2D eigenvalue weighted by Gasteiger charge is 2.19. The van der Waals surface area contributed by atoms with Crippen LogP contribution in [0.1, 0.15) is 22.0 Å². The van der Waals surface area contributed by atoms with Crippen molar-refractivity contribution in [3.63, 3.8) is 0 Å². The lowest BCUT2D eigenvalue weighted by atomic mass is 10.0. The molecule has 0 radical (unpaired) electrons. The molecule has 1 aromatic heterocycles. The fraction of sp³-hybridized carbons (Fsp3) is 0.105. The lowest BCUT2D eigenvalue weighted by Crippen LogP contribution is -2.31. The monoisotopic (exact) mass is 464 g/mol. The summed E-state index contributed by atoms with van der Waals surface area (Å²) in [6.45, 7) is -0.365. The van der Waals surface area contributed by atoms with Gasteiger partial charge in [0.05, 0.1) is 24.4 Å². The molecule has 9 heteroatoms. The molecule has 0 saturated carbocycles. The summed E-state index contributed by atoms with van der Waals surface area (Å²) in [6.07, 6.45) is 1.43. The fourth-order valence-electron chi connectivity index (χ4n) is 2.63. The van der Waals surface area contributed by atoms with Crippen LogP contribution in [0.25, 0.3) is 11.3 Å². The lowest BCUT2D eigenvalue weighted by Gasteiger charge is -2.17. The van der Waals surface area contributed by atoms with Crippen molar-refractivity contribution in [2.45, 2.75) is 6.04 Å². The molecule has 0 spiro atoms. The standard InChI is InChI=1S/C19H15BrClFN4O2/c20-16-8-24-18(23)17(26-16)11-4-5-13(14(22)7-11)19(28)25-15(9-27)10-2-1-3-12(21)6-10/h1-8,15,27H,9H2,(H2,23,24)(H,25,28). The number of carbonyl (C=O) groups excluding carboxylic acids is 1. The Morgan fingerprint density at radius 3 is 2.79 bits per heavy atom. The van der Waals surface area contributed by atoms with Crippen molar-refractivity contribution >= 4 is 39.3 Å². The van der Waals surface area contributed by atoms with Crippen molar-refractivity contribution < 1.29 is 14.3 Å². The number of rotatable bonds is 5. The average molecular weight is 466 g/mol. The van der Waals surface area contributed by atoms with Crippen LogP contribution in [-0.2, 0) is 0 Å². The van der Waals surface area contributed by atoms with Crippen molar-refractivity contribution in [2.24, 2.45) is 0 Å². The number of amides is 1. The summed E-state index contributed by atoms with van der Waals surface area (Å²) in [4.78, 5) is 20.7. The van der Waals surface area contributed by atoms with Crippen LogP contribution in [0.4, 0.5) is 10.2 Å². The van der Waals surface area contributed by atoms with Crippen molar-refractivity contribution in [1.29, 1.82) is 0 Å². The summed E-state index contributed by atoms with van der Waals surface area (Å²) in [6, 6.07) is 10.00. The highest BCUT2D eigenvalue weighted by Crippen LogP contribution is 2.26. The van der Waals surface area contributed by atoms with Crippen LogP contribution in [0.15, 0.2) is 53.3 Å². The van der Waals surface area contributed by atoms with Crippen LogP contribution in [0, 0.1) is 5.82 Å². The van der Waals surface area contributed by atoms with Gasteiger partial charge in [-0.3, -0.25) is 4.79 Å². The zero-order chi connectivity index (χ0) is 20.3. The van der Waals surface area contributed by atoms with E-state index in [0.29, 0.717) is 26.4 Å². The summed E-state index contributed by atoms with van der Waals surface area (Å²) in [5.74, 6) is -1.28. The molecule has 0 aliphatic heterocycles. The van der Waals surface area contributed by atoms with Crippen LogP contribution >= 0.6 is 27.5 Å². The lowest BCUT2D eigenvalue weighted by molar-refractivity contribution is 0.0912. The number of halogens is 3. The molecular weight excluding hydrogens is 451 g/mol. The van der Waals surface area contributed by atoms with E-state index in [2.05, 4.69) is 31.2 Å². The molecule has 144 valence electrons. The number of aliphatic hydroxyl groups is 1. The van der Waals surface area contributed by atoms with E-state index in [4.69, 9.17) is 17.3 Å². The molecule has 2 aromatic carbocycles. The van der Waals surface area contributed by atoms with Crippen LogP contribution in [0.5, 0.6) is 0 Å². The number of benzene rings is 2. The van der Waals surface area contributed by atoms with E-state index >= 15 is 0 Å². The summed E-state index contributed by atoms with van der Waals surface area (Å²) < 4.78 is 15.0. The van der Waals surface area contributed by atoms with Gasteiger partial charge in [-0.05, 0) is 45.8 Å². The van der Waals surface area contributed by atoms with Gasteiger partial charge < -0.3 is 16.2 Å². The summed E-state index contributed by atoms with van der Waals surface area (Å²) in [5.41, 5.74) is 6.91. The third-order valence-corrected chi connectivity index (χ3v) is 4.61. The highest BCUT2D eigenvalue weighted by molar-refractivity contribution is 9.10. The molecule has 6 nitrogen and oxygen atoms in total. The predicted octanol–water partition coefficient (Wildman–Crippen LogP) is 3.74. The molecular formula is C19H15BrClFN4O2. The highest BCUT2D eigenvalue weighted by atomic mass is 79.9. The first-order valence-corrected chi connectivity index (χ1v) is 9.31. The molecule has 4 N–H and O–H groups in total. The Morgan fingerprint density at radius 2 is 2.11 bits per heavy atom. The zero-order valence-electron chi connectivity index (χ0n) is 14.4. The Kier molecular flexibility index (Phi) is 6.23. The molecule has 0 aliphatic rings. The molecule has 1 unspecified atom stereocenters. The zero-order valence-corrected chi connectivity index (χ0v) is 16.7. The van der Waals surface area contributed by atoms with Crippen molar-refractivity contribution in [3.05, 3.63) is 75.2 Å². The molecule has 3 aromatic rings. The SMILES string of the molecule is Nc1ncc(Br)nc1-c1ccc(C(=O)NC(CO)c2cccc(Cl)c2)c(F)c1. The smallest absolute Gasteiger partial charge is 0.254 e. The number of carbonyl (C=O) groups is 1. The first-order valence-electron chi connectivity index (χ1n) is 8.14. The maximum absolute atomic E-state index is 14.6. The second-order valence-corrected chi connectivity index (χ2v) is 7.13. The Balaban J connectivity index is 1.85. The summed E-state index contributed by atoms with van der Waals surface area (Å²) in [5, 5.41) is 12.7. The maximum Gasteiger partial charge on any atom is 0.254 e. The number of nitrogens with two attached hydrogens (primary N) is 1. The van der Waals surface area contributed by atoms with E-state index in [1.807, 2.05) is 0 Å². The van der Waals surface area contributed by atoms with E-state index in [1.165, 1.54) is 18.3 Å². The second kappa shape index (κ2) is 8.64. The molecule has 1 atom stereocenters. The van der Waals surface area contributed by atoms with Gasteiger partial charge in [0.15, 0.2) is 0 Å². The van der Waals surface area contributed by atoms with E-state index in [-0.39, 0.29) is 18.0 Å². The van der Waals surface area contributed by atoms with Gasteiger partial charge in [-0.15, -0.1) is 0 Å². The minimum absolute atomic E-state index is 0.140. The molecule has 28 heavy (non-hydrogen) atoms. The first-order chi connectivity index (χ1) is 13.4. The van der Waals surface area contributed by atoms with Crippen molar-refractivity contribution in [1.82, 2.24) is 15.3 Å². The fourth-order valence-corrected chi connectivity index (χ4v) is 3.11. The first kappa shape index (κ1) is 20.2. The largest absolute Gasteiger partial charge is 0.394 e. The van der Waals surface area contributed by atoms with Crippen LogP contribution in [0.3, 0.4) is 0 Å². The average Bonchev–Trinajstić information content (AvgIpc) is 2.67. The number of nitrogens with zero attached hydrogens (tertiary/aromatic N) is 2. The van der Waals surface area contributed by atoms with Gasteiger partial charge in [-0.1, -0.05) is 29.8 Å². The molecule has 0 aliphatic carbocycles. The Morgan fingerprint density at radius 1 is 1.32 bits per heavy atom. The Labute approximate surface area is 173 Å². The number of nitrogens with one attached hydrogen (secondary N) is 1. The Bertz CT molecular complexity index is 1030. The predicted molar refractivity (Wildman–Crippen MR) is 108 cm³/mol. The molecule has 0 bridgehead atoms. The van der Waals surface area contributed by atoms with Gasteiger partial charge in [0.25, 0.3) is 5.91 Å². The van der Waals surface area contributed by atoms with Crippen molar-refractivity contribution in [3.8, 4) is 11.3 Å². The van der Waals surface area contributed by atoms with E-state index < -0.39 is 17.8 Å². The number of anilines is 1. The van der Waals surface area contributed by atoms with Crippen molar-refractivity contribution in [2.75, 3.05) is 12.3 Å². The minimum Gasteiger partial charge on any atom is -0.394 e. The summed E-state index contributed by atoms with van der Waals surface area (Å²) in [7, 11) is 0. The van der Waals surface area contributed by atoms with E-state index in [0.717, 1.165) is 6.07 Å². The molecule has 1 heterocycles.